The van der Waals surface area contributed by atoms with Gasteiger partial charge in [0.2, 0.25) is 0 Å². The molecule has 9 nitrogen and oxygen atoms in total. The Morgan fingerprint density at radius 1 is 1.03 bits per heavy atom. The summed E-state index contributed by atoms with van der Waals surface area (Å²) in [5, 5.41) is 2.88. The van der Waals surface area contributed by atoms with Gasteiger partial charge in [0.25, 0.3) is 5.91 Å². The van der Waals surface area contributed by atoms with E-state index in [4.69, 9.17) is 14.5 Å². The Balaban J connectivity index is 0.00000228. The zero-order valence-electron chi connectivity index (χ0n) is 20.7. The molecule has 2 heterocycles. The van der Waals surface area contributed by atoms with Crippen molar-refractivity contribution in [3.63, 3.8) is 0 Å². The van der Waals surface area contributed by atoms with Gasteiger partial charge in [-0.3, -0.25) is 9.69 Å². The van der Waals surface area contributed by atoms with E-state index in [0.29, 0.717) is 37.7 Å². The van der Waals surface area contributed by atoms with Gasteiger partial charge in [-0.1, -0.05) is 17.7 Å². The number of aromatic nitrogens is 2. The number of imidazole rings is 1. The number of piperazine rings is 1. The van der Waals surface area contributed by atoms with E-state index in [0.717, 1.165) is 35.5 Å². The van der Waals surface area contributed by atoms with Crippen molar-refractivity contribution in [3.05, 3.63) is 53.9 Å². The van der Waals surface area contributed by atoms with Crippen molar-refractivity contribution in [3.8, 4) is 5.75 Å². The average molecular weight is 538 g/mol. The van der Waals surface area contributed by atoms with Gasteiger partial charge in [0.1, 0.15) is 11.6 Å². The van der Waals surface area contributed by atoms with Crippen molar-refractivity contribution < 1.29 is 19.1 Å². The number of carbonyl (C=O) groups excluding carboxylic acids is 2. The van der Waals surface area contributed by atoms with Crippen LogP contribution in [0.25, 0.3) is 11.0 Å². The maximum Gasteiger partial charge on any atom is 0.409 e. The standard InChI is InChI=1S/C25H31N5O4.2ClH/c1-4-33-25(32)30-13-11-29(12-14-30)16-23-27-21-15-19(7-10-22(21)28(23)3)26-24(31)17-34-20-8-5-18(2)6-9-20;;/h5-10,15H,4,11-14,16-17H2,1-3H3,(H,26,31);2*1H. The molecule has 0 spiro atoms. The second-order valence-electron chi connectivity index (χ2n) is 8.40. The van der Waals surface area contributed by atoms with Gasteiger partial charge in [-0.25, -0.2) is 9.78 Å². The van der Waals surface area contributed by atoms with Crippen LogP contribution in [0.1, 0.15) is 18.3 Å². The van der Waals surface area contributed by atoms with E-state index in [2.05, 4.69) is 14.8 Å². The molecule has 3 aromatic rings. The molecular formula is C25H33Cl2N5O4. The number of rotatable bonds is 7. The summed E-state index contributed by atoms with van der Waals surface area (Å²) in [5.41, 5.74) is 3.63. The molecule has 11 heteroatoms. The number of benzene rings is 2. The second kappa shape index (κ2) is 13.3. The van der Waals surface area contributed by atoms with Crippen LogP contribution in [0.4, 0.5) is 10.5 Å². The van der Waals surface area contributed by atoms with Gasteiger partial charge in [-0.15, -0.1) is 24.8 Å². The third-order valence-corrected chi connectivity index (χ3v) is 5.91. The Morgan fingerprint density at radius 2 is 1.72 bits per heavy atom. The summed E-state index contributed by atoms with van der Waals surface area (Å²) < 4.78 is 12.7. The highest BCUT2D eigenvalue weighted by molar-refractivity contribution is 5.94. The molecule has 0 atom stereocenters. The van der Waals surface area contributed by atoms with Crippen molar-refractivity contribution in [1.82, 2.24) is 19.4 Å². The van der Waals surface area contributed by atoms with Crippen LogP contribution in [-0.4, -0.2) is 70.7 Å². The van der Waals surface area contributed by atoms with E-state index < -0.39 is 0 Å². The van der Waals surface area contributed by atoms with Gasteiger partial charge < -0.3 is 24.3 Å². The van der Waals surface area contributed by atoms with Gasteiger partial charge in [0.15, 0.2) is 6.61 Å². The molecule has 2 amide bonds. The monoisotopic (exact) mass is 537 g/mol. The van der Waals surface area contributed by atoms with Crippen molar-refractivity contribution in [2.75, 3.05) is 44.7 Å². The largest absolute Gasteiger partial charge is 0.484 e. The van der Waals surface area contributed by atoms with E-state index in [1.807, 2.05) is 63.4 Å². The highest BCUT2D eigenvalue weighted by Gasteiger charge is 2.23. The molecule has 0 aliphatic carbocycles. The van der Waals surface area contributed by atoms with Gasteiger partial charge >= 0.3 is 6.09 Å². The molecule has 1 aromatic heterocycles. The summed E-state index contributed by atoms with van der Waals surface area (Å²) in [5.74, 6) is 1.37. The molecule has 4 rings (SSSR count). The molecule has 0 saturated carbocycles. The minimum absolute atomic E-state index is 0. The quantitative estimate of drug-likeness (QED) is 0.489. The normalized spacial score (nSPS) is 13.5. The lowest BCUT2D eigenvalue weighted by molar-refractivity contribution is -0.118. The number of amides is 2. The fraction of sp³-hybridized carbons (Fsp3) is 0.400. The zero-order valence-corrected chi connectivity index (χ0v) is 22.4. The molecule has 1 saturated heterocycles. The predicted octanol–water partition coefficient (Wildman–Crippen LogP) is 4.02. The predicted molar refractivity (Wildman–Crippen MR) is 144 cm³/mol. The molecule has 1 aliphatic heterocycles. The molecule has 1 fully saturated rings. The van der Waals surface area contributed by atoms with Crippen LogP contribution in [0.3, 0.4) is 0 Å². The van der Waals surface area contributed by atoms with Crippen molar-refractivity contribution >= 4 is 53.5 Å². The van der Waals surface area contributed by atoms with Crippen LogP contribution in [0.15, 0.2) is 42.5 Å². The summed E-state index contributed by atoms with van der Waals surface area (Å²) in [6, 6.07) is 13.3. The molecule has 0 radical (unpaired) electrons. The van der Waals surface area contributed by atoms with E-state index in [1.54, 1.807) is 4.90 Å². The van der Waals surface area contributed by atoms with Crippen LogP contribution < -0.4 is 10.1 Å². The maximum atomic E-state index is 12.3. The number of nitrogens with zero attached hydrogens (tertiary/aromatic N) is 4. The summed E-state index contributed by atoms with van der Waals surface area (Å²) in [6.45, 7) is 7.65. The smallest absolute Gasteiger partial charge is 0.409 e. The average Bonchev–Trinajstić information content (AvgIpc) is 3.13. The number of nitrogens with one attached hydrogen (secondary N) is 1. The first kappa shape index (κ1) is 29.2. The summed E-state index contributed by atoms with van der Waals surface area (Å²) in [4.78, 5) is 33.0. The van der Waals surface area contributed by atoms with Gasteiger partial charge in [-0.2, -0.15) is 0 Å². The fourth-order valence-corrected chi connectivity index (χ4v) is 3.95. The van der Waals surface area contributed by atoms with Crippen molar-refractivity contribution in [2.45, 2.75) is 20.4 Å². The Bertz CT molecular complexity index is 1160. The molecule has 1 N–H and O–H groups in total. The first-order chi connectivity index (χ1) is 16.4. The van der Waals surface area contributed by atoms with E-state index in [9.17, 15) is 9.59 Å². The number of aryl methyl sites for hydroxylation is 2. The maximum absolute atomic E-state index is 12.3. The molecule has 36 heavy (non-hydrogen) atoms. The SMILES string of the molecule is CCOC(=O)N1CCN(Cc2nc3cc(NC(=O)COc4ccc(C)cc4)ccc3n2C)CC1.Cl.Cl. The van der Waals surface area contributed by atoms with Crippen LogP contribution in [-0.2, 0) is 23.1 Å². The zero-order chi connectivity index (χ0) is 24.1. The summed E-state index contributed by atoms with van der Waals surface area (Å²) in [6.07, 6.45) is -0.247. The van der Waals surface area contributed by atoms with E-state index in [1.165, 1.54) is 0 Å². The van der Waals surface area contributed by atoms with Crippen LogP contribution in [0, 0.1) is 6.92 Å². The highest BCUT2D eigenvalue weighted by atomic mass is 35.5. The Morgan fingerprint density at radius 3 is 2.39 bits per heavy atom. The molecule has 0 bridgehead atoms. The Kier molecular flexibility index (Phi) is 10.8. The molecule has 0 unspecified atom stereocenters. The molecule has 196 valence electrons. The summed E-state index contributed by atoms with van der Waals surface area (Å²) >= 11 is 0. The molecule has 2 aromatic carbocycles. The topological polar surface area (TPSA) is 88.9 Å². The third-order valence-electron chi connectivity index (χ3n) is 5.91. The molecule has 1 aliphatic rings. The number of carbonyl (C=O) groups is 2. The lowest BCUT2D eigenvalue weighted by atomic mass is 10.2. The minimum Gasteiger partial charge on any atom is -0.484 e. The lowest BCUT2D eigenvalue weighted by Gasteiger charge is -2.33. The summed E-state index contributed by atoms with van der Waals surface area (Å²) in [7, 11) is 1.99. The van der Waals surface area contributed by atoms with Crippen LogP contribution >= 0.6 is 24.8 Å². The number of hydrogen-bond donors (Lipinski definition) is 1. The minimum atomic E-state index is -0.247. The van der Waals surface area contributed by atoms with Gasteiger partial charge in [-0.05, 0) is 44.2 Å². The highest BCUT2D eigenvalue weighted by Crippen LogP contribution is 2.21. The van der Waals surface area contributed by atoms with Crippen LogP contribution in [0.5, 0.6) is 5.75 Å². The Labute approximate surface area is 223 Å². The number of fused-ring (bicyclic) bond motifs is 1. The fourth-order valence-electron chi connectivity index (χ4n) is 3.95. The van der Waals surface area contributed by atoms with Gasteiger partial charge in [0.05, 0.1) is 24.2 Å². The third kappa shape index (κ3) is 7.25. The van der Waals surface area contributed by atoms with Crippen molar-refractivity contribution in [1.29, 1.82) is 0 Å². The van der Waals surface area contributed by atoms with Crippen molar-refractivity contribution in [2.24, 2.45) is 7.05 Å². The first-order valence-electron chi connectivity index (χ1n) is 11.5. The van der Waals surface area contributed by atoms with Crippen LogP contribution in [0.2, 0.25) is 0 Å². The number of anilines is 1. The van der Waals surface area contributed by atoms with Gasteiger partial charge in [0, 0.05) is 38.9 Å². The van der Waals surface area contributed by atoms with E-state index >= 15 is 0 Å². The Hall–Kier alpha value is -3.01. The first-order valence-corrected chi connectivity index (χ1v) is 11.5. The second-order valence-corrected chi connectivity index (χ2v) is 8.40. The number of ether oxygens (including phenoxy) is 2. The number of hydrogen-bond acceptors (Lipinski definition) is 6. The number of halogens is 2. The molecular weight excluding hydrogens is 505 g/mol. The van der Waals surface area contributed by atoms with E-state index in [-0.39, 0.29) is 43.4 Å². The lowest BCUT2D eigenvalue weighted by Crippen LogP contribution is -2.48.